The molecule has 1 N–H and O–H groups in total. The number of amides is 1. The molecule has 8 heteroatoms. The first kappa shape index (κ1) is 18.6. The molecule has 0 spiro atoms. The Kier molecular flexibility index (Phi) is 4.68. The van der Waals surface area contributed by atoms with Crippen molar-refractivity contribution in [2.75, 3.05) is 36.4 Å². The zero-order chi connectivity index (χ0) is 19.9. The van der Waals surface area contributed by atoms with Gasteiger partial charge in [-0.1, -0.05) is 12.1 Å². The molecule has 2 aliphatic heterocycles. The third-order valence-corrected chi connectivity index (χ3v) is 7.09. The van der Waals surface area contributed by atoms with Crippen molar-refractivity contribution in [3.8, 4) is 0 Å². The van der Waals surface area contributed by atoms with E-state index >= 15 is 0 Å². The van der Waals surface area contributed by atoms with E-state index in [1.807, 2.05) is 18.2 Å². The van der Waals surface area contributed by atoms with E-state index in [9.17, 15) is 18.0 Å². The number of nitrogens with zero attached hydrogens (tertiary/aromatic N) is 2. The number of hydrogen-bond acceptors (Lipinski definition) is 5. The first-order valence-electron chi connectivity index (χ1n) is 9.13. The van der Waals surface area contributed by atoms with E-state index in [0.717, 1.165) is 5.69 Å². The van der Waals surface area contributed by atoms with Gasteiger partial charge in [0.25, 0.3) is 0 Å². The van der Waals surface area contributed by atoms with Crippen molar-refractivity contribution in [2.45, 2.75) is 18.2 Å². The van der Waals surface area contributed by atoms with E-state index in [2.05, 4.69) is 10.2 Å². The van der Waals surface area contributed by atoms with Crippen molar-refractivity contribution in [1.29, 1.82) is 0 Å². The molecule has 0 unspecified atom stereocenters. The van der Waals surface area contributed by atoms with Crippen LogP contribution in [0.25, 0.3) is 0 Å². The number of hydrogen-bond donors (Lipinski definition) is 1. The molecule has 0 atom stereocenters. The number of anilines is 2. The number of ketones is 1. The Hall–Kier alpha value is -2.71. The summed E-state index contributed by atoms with van der Waals surface area (Å²) in [5, 5.41) is 2.71. The number of benzene rings is 2. The highest BCUT2D eigenvalue weighted by Gasteiger charge is 2.30. The average molecular weight is 399 g/mol. The predicted octanol–water partition coefficient (Wildman–Crippen LogP) is 1.89. The normalized spacial score (nSPS) is 17.3. The van der Waals surface area contributed by atoms with Crippen LogP contribution in [0.3, 0.4) is 0 Å². The molecule has 0 saturated carbocycles. The van der Waals surface area contributed by atoms with Crippen molar-refractivity contribution >= 4 is 33.1 Å². The van der Waals surface area contributed by atoms with E-state index in [0.29, 0.717) is 43.0 Å². The molecule has 0 aromatic heterocycles. The largest absolute Gasteiger partial charge is 0.369 e. The Morgan fingerprint density at radius 3 is 2.50 bits per heavy atom. The number of nitrogens with one attached hydrogen (secondary N) is 1. The molecular weight excluding hydrogens is 378 g/mol. The first-order valence-corrected chi connectivity index (χ1v) is 10.6. The fraction of sp³-hybridized carbons (Fsp3) is 0.300. The Labute approximate surface area is 164 Å². The van der Waals surface area contributed by atoms with E-state index in [1.165, 1.54) is 11.2 Å². The summed E-state index contributed by atoms with van der Waals surface area (Å²) in [5.41, 5.74) is 2.96. The van der Waals surface area contributed by atoms with Gasteiger partial charge in [-0.25, -0.2) is 8.42 Å². The highest BCUT2D eigenvalue weighted by molar-refractivity contribution is 7.89. The van der Waals surface area contributed by atoms with Gasteiger partial charge in [-0.2, -0.15) is 4.31 Å². The predicted molar refractivity (Wildman–Crippen MR) is 106 cm³/mol. The van der Waals surface area contributed by atoms with Gasteiger partial charge in [0.1, 0.15) is 0 Å². The lowest BCUT2D eigenvalue weighted by Gasteiger charge is -2.35. The van der Waals surface area contributed by atoms with Crippen LogP contribution in [0.2, 0.25) is 0 Å². The molecule has 28 heavy (non-hydrogen) atoms. The summed E-state index contributed by atoms with van der Waals surface area (Å²) in [6.07, 6.45) is 0.207. The minimum absolute atomic E-state index is 0.00708. The molecule has 0 radical (unpaired) electrons. The van der Waals surface area contributed by atoms with Gasteiger partial charge < -0.3 is 10.2 Å². The Bertz CT molecular complexity index is 1060. The van der Waals surface area contributed by atoms with Crippen LogP contribution in [0.1, 0.15) is 22.8 Å². The van der Waals surface area contributed by atoms with Gasteiger partial charge in [-0.05, 0) is 42.8 Å². The monoisotopic (exact) mass is 399 g/mol. The van der Waals surface area contributed by atoms with Crippen LogP contribution in [0, 0.1) is 0 Å². The third-order valence-electron chi connectivity index (χ3n) is 5.20. The van der Waals surface area contributed by atoms with Gasteiger partial charge in [0.15, 0.2) is 5.78 Å². The Morgan fingerprint density at radius 1 is 1.04 bits per heavy atom. The summed E-state index contributed by atoms with van der Waals surface area (Å²) in [4.78, 5) is 25.4. The van der Waals surface area contributed by atoms with Gasteiger partial charge in [-0.15, -0.1) is 0 Å². The number of fused-ring (bicyclic) bond motifs is 1. The SMILES string of the molecule is CC(=O)c1cccc(N2CCN(S(=O)(=O)c3ccc4c(c3)CC(=O)N4)CC2)c1. The number of Topliss-reactive ketones (excluding diaryl/α,β-unsaturated/α-hetero) is 1. The van der Waals surface area contributed by atoms with Gasteiger partial charge in [-0.3, -0.25) is 9.59 Å². The summed E-state index contributed by atoms with van der Waals surface area (Å²) >= 11 is 0. The van der Waals surface area contributed by atoms with Gasteiger partial charge in [0.2, 0.25) is 15.9 Å². The zero-order valence-electron chi connectivity index (χ0n) is 15.5. The molecule has 1 fully saturated rings. The topological polar surface area (TPSA) is 86.8 Å². The third kappa shape index (κ3) is 3.41. The average Bonchev–Trinajstić information content (AvgIpc) is 3.07. The number of rotatable bonds is 4. The van der Waals surface area contributed by atoms with Crippen LogP contribution in [-0.4, -0.2) is 50.6 Å². The fourth-order valence-electron chi connectivity index (χ4n) is 3.62. The highest BCUT2D eigenvalue weighted by Crippen LogP contribution is 2.28. The number of carbonyl (C=O) groups excluding carboxylic acids is 2. The summed E-state index contributed by atoms with van der Waals surface area (Å²) < 4.78 is 27.5. The molecule has 2 heterocycles. The molecule has 2 aliphatic rings. The quantitative estimate of drug-likeness (QED) is 0.794. The second-order valence-electron chi connectivity index (χ2n) is 7.04. The highest BCUT2D eigenvalue weighted by atomic mass is 32.2. The van der Waals surface area contributed by atoms with Crippen molar-refractivity contribution in [3.05, 3.63) is 53.6 Å². The lowest BCUT2D eigenvalue weighted by Crippen LogP contribution is -2.48. The van der Waals surface area contributed by atoms with Crippen molar-refractivity contribution in [3.63, 3.8) is 0 Å². The summed E-state index contributed by atoms with van der Waals surface area (Å²) in [6, 6.07) is 12.2. The van der Waals surface area contributed by atoms with Crippen molar-refractivity contribution in [1.82, 2.24) is 4.31 Å². The Balaban J connectivity index is 1.49. The maximum atomic E-state index is 13.0. The van der Waals surface area contributed by atoms with Crippen LogP contribution < -0.4 is 10.2 Å². The minimum atomic E-state index is -3.61. The number of sulfonamides is 1. The van der Waals surface area contributed by atoms with E-state index in [1.54, 1.807) is 24.3 Å². The Morgan fingerprint density at radius 2 is 1.79 bits per heavy atom. The summed E-state index contributed by atoms with van der Waals surface area (Å²) in [5.74, 6) is -0.112. The van der Waals surface area contributed by atoms with E-state index in [4.69, 9.17) is 0 Å². The maximum Gasteiger partial charge on any atom is 0.243 e. The van der Waals surface area contributed by atoms with Crippen LogP contribution in [0.4, 0.5) is 11.4 Å². The smallest absolute Gasteiger partial charge is 0.243 e. The lowest BCUT2D eigenvalue weighted by molar-refractivity contribution is -0.115. The first-order chi connectivity index (χ1) is 13.3. The maximum absolute atomic E-state index is 13.0. The molecule has 146 valence electrons. The second kappa shape index (κ2) is 7.03. The molecule has 0 bridgehead atoms. The van der Waals surface area contributed by atoms with Crippen LogP contribution in [0.5, 0.6) is 0 Å². The van der Waals surface area contributed by atoms with Gasteiger partial charge in [0.05, 0.1) is 11.3 Å². The van der Waals surface area contributed by atoms with Crippen molar-refractivity contribution in [2.24, 2.45) is 0 Å². The minimum Gasteiger partial charge on any atom is -0.369 e. The van der Waals surface area contributed by atoms with Gasteiger partial charge >= 0.3 is 0 Å². The molecular formula is C20H21N3O4S. The number of carbonyl (C=O) groups is 2. The van der Waals surface area contributed by atoms with E-state index < -0.39 is 10.0 Å². The fourth-order valence-corrected chi connectivity index (χ4v) is 5.10. The molecule has 2 aromatic rings. The van der Waals surface area contributed by atoms with Crippen LogP contribution >= 0.6 is 0 Å². The summed E-state index contributed by atoms with van der Waals surface area (Å²) in [7, 11) is -3.61. The molecule has 1 amide bonds. The molecule has 4 rings (SSSR count). The van der Waals surface area contributed by atoms with Gasteiger partial charge in [0, 0.05) is 43.1 Å². The number of piperazine rings is 1. The molecule has 1 saturated heterocycles. The molecule has 7 nitrogen and oxygen atoms in total. The van der Waals surface area contributed by atoms with Crippen molar-refractivity contribution < 1.29 is 18.0 Å². The van der Waals surface area contributed by atoms with Crippen LogP contribution in [-0.2, 0) is 21.2 Å². The second-order valence-corrected chi connectivity index (χ2v) is 8.98. The standard InChI is InChI=1S/C20H21N3O4S/c1-14(24)15-3-2-4-17(11-15)22-7-9-23(10-8-22)28(26,27)18-5-6-19-16(12-18)13-20(25)21-19/h2-6,11-12H,7-10,13H2,1H3,(H,21,25). The summed E-state index contributed by atoms with van der Waals surface area (Å²) in [6.45, 7) is 3.35. The zero-order valence-corrected chi connectivity index (χ0v) is 16.3. The molecule has 0 aliphatic carbocycles. The van der Waals surface area contributed by atoms with E-state index in [-0.39, 0.29) is 23.0 Å². The lowest BCUT2D eigenvalue weighted by atomic mass is 10.1. The molecule has 2 aromatic carbocycles. The van der Waals surface area contributed by atoms with Crippen LogP contribution in [0.15, 0.2) is 47.4 Å².